The fraction of sp³-hybridized carbons (Fsp3) is 0.227. The summed E-state index contributed by atoms with van der Waals surface area (Å²) in [6.07, 6.45) is 1.83. The molecule has 6 nitrogen and oxygen atoms in total. The van der Waals surface area contributed by atoms with E-state index in [9.17, 15) is 14.0 Å². The van der Waals surface area contributed by atoms with Crippen molar-refractivity contribution in [3.63, 3.8) is 0 Å². The molecule has 0 fully saturated rings. The normalized spacial score (nSPS) is 11.2. The van der Waals surface area contributed by atoms with E-state index in [-0.39, 0.29) is 17.1 Å². The van der Waals surface area contributed by atoms with E-state index in [1.54, 1.807) is 25.3 Å². The first-order valence-electron chi connectivity index (χ1n) is 9.22. The molecule has 0 aliphatic heterocycles. The van der Waals surface area contributed by atoms with Crippen LogP contribution in [0.3, 0.4) is 0 Å². The fourth-order valence-corrected chi connectivity index (χ4v) is 3.30. The molecular weight excluding hydrogens is 405 g/mol. The first-order valence-corrected chi connectivity index (χ1v) is 10.4. The van der Waals surface area contributed by atoms with Gasteiger partial charge >= 0.3 is 5.97 Å². The molecule has 1 heterocycles. The minimum atomic E-state index is -0.735. The molecule has 1 N–H and O–H groups in total. The number of benzene rings is 2. The summed E-state index contributed by atoms with van der Waals surface area (Å²) in [5.41, 5.74) is 0.320. The number of amides is 1. The zero-order chi connectivity index (χ0) is 21.9. The van der Waals surface area contributed by atoms with Crippen molar-refractivity contribution in [2.24, 2.45) is 0 Å². The van der Waals surface area contributed by atoms with E-state index in [1.165, 1.54) is 36.0 Å². The first kappa shape index (κ1) is 21.6. The summed E-state index contributed by atoms with van der Waals surface area (Å²) in [5.74, 6) is -1.50. The van der Waals surface area contributed by atoms with Crippen molar-refractivity contribution in [1.82, 2.24) is 9.55 Å². The molecule has 0 unspecified atom stereocenters. The van der Waals surface area contributed by atoms with Crippen molar-refractivity contribution in [3.05, 3.63) is 71.7 Å². The van der Waals surface area contributed by atoms with Crippen LogP contribution in [0, 0.1) is 5.82 Å². The monoisotopic (exact) mass is 427 g/mol. The second-order valence-electron chi connectivity index (χ2n) is 7.43. The molecule has 1 amide bonds. The number of hydrogen-bond donors (Lipinski definition) is 1. The van der Waals surface area contributed by atoms with Crippen molar-refractivity contribution in [1.29, 1.82) is 0 Å². The highest BCUT2D eigenvalue weighted by molar-refractivity contribution is 7.98. The number of carbonyl (C=O) groups excluding carboxylic acids is 2. The van der Waals surface area contributed by atoms with Crippen molar-refractivity contribution in [2.45, 2.75) is 31.5 Å². The van der Waals surface area contributed by atoms with Gasteiger partial charge in [-0.25, -0.2) is 14.2 Å². The summed E-state index contributed by atoms with van der Waals surface area (Å²) in [4.78, 5) is 30.2. The summed E-state index contributed by atoms with van der Waals surface area (Å²) in [7, 11) is 0. The summed E-state index contributed by atoms with van der Waals surface area (Å²) in [5, 5.41) is 3.18. The summed E-state index contributed by atoms with van der Waals surface area (Å²) in [6.45, 7) is 5.29. The Bertz CT molecular complexity index is 1060. The highest BCUT2D eigenvalue weighted by Crippen LogP contribution is 2.29. The average Bonchev–Trinajstić information content (AvgIpc) is 3.06. The molecule has 0 saturated carbocycles. The highest BCUT2D eigenvalue weighted by Gasteiger charge is 2.29. The van der Waals surface area contributed by atoms with Gasteiger partial charge in [0, 0.05) is 11.3 Å². The Labute approximate surface area is 178 Å². The van der Waals surface area contributed by atoms with Gasteiger partial charge in [0.1, 0.15) is 11.4 Å². The van der Waals surface area contributed by atoms with Crippen LogP contribution in [-0.2, 0) is 4.74 Å². The lowest BCUT2D eigenvalue weighted by atomic mass is 10.2. The Morgan fingerprint density at radius 3 is 2.27 bits per heavy atom. The van der Waals surface area contributed by atoms with E-state index in [0.717, 1.165) is 0 Å². The summed E-state index contributed by atoms with van der Waals surface area (Å²) >= 11 is 1.33. The zero-order valence-corrected chi connectivity index (χ0v) is 17.9. The van der Waals surface area contributed by atoms with Crippen LogP contribution in [0.4, 0.5) is 10.2 Å². The van der Waals surface area contributed by atoms with Crippen molar-refractivity contribution in [3.8, 4) is 5.69 Å². The average molecular weight is 428 g/mol. The predicted molar refractivity (Wildman–Crippen MR) is 115 cm³/mol. The maximum Gasteiger partial charge on any atom is 0.359 e. The third kappa shape index (κ3) is 4.88. The number of hydrogen-bond acceptors (Lipinski definition) is 5. The van der Waals surface area contributed by atoms with Crippen LogP contribution in [0.2, 0.25) is 0 Å². The maximum absolute atomic E-state index is 13.2. The van der Waals surface area contributed by atoms with E-state index in [4.69, 9.17) is 4.74 Å². The van der Waals surface area contributed by atoms with Crippen molar-refractivity contribution >= 4 is 29.5 Å². The third-order valence-electron chi connectivity index (χ3n) is 3.97. The van der Waals surface area contributed by atoms with E-state index in [2.05, 4.69) is 10.3 Å². The molecule has 0 atom stereocenters. The molecular formula is C22H22FN3O3S. The topological polar surface area (TPSA) is 73.2 Å². The number of imidazole rings is 1. The Morgan fingerprint density at radius 1 is 1.07 bits per heavy atom. The van der Waals surface area contributed by atoms with Gasteiger partial charge in [-0.15, -0.1) is 0 Å². The Kier molecular flexibility index (Phi) is 6.26. The lowest BCUT2D eigenvalue weighted by Gasteiger charge is -2.20. The SMILES string of the molecule is CSc1nc(NC(=O)c2ccc(F)cc2)c(C(=O)OC(C)(C)C)n1-c1ccccc1. The van der Waals surface area contributed by atoms with E-state index < -0.39 is 23.3 Å². The molecule has 8 heteroatoms. The van der Waals surface area contributed by atoms with Gasteiger partial charge in [-0.1, -0.05) is 30.0 Å². The van der Waals surface area contributed by atoms with E-state index in [0.29, 0.717) is 10.8 Å². The van der Waals surface area contributed by atoms with E-state index in [1.807, 2.05) is 36.6 Å². The van der Waals surface area contributed by atoms with Crippen LogP contribution in [-0.4, -0.2) is 33.3 Å². The van der Waals surface area contributed by atoms with Crippen LogP contribution in [0.1, 0.15) is 41.6 Å². The Hall–Kier alpha value is -3.13. The quantitative estimate of drug-likeness (QED) is 0.461. The van der Waals surface area contributed by atoms with Crippen LogP contribution < -0.4 is 5.32 Å². The molecule has 0 spiro atoms. The van der Waals surface area contributed by atoms with Crippen LogP contribution >= 0.6 is 11.8 Å². The van der Waals surface area contributed by atoms with Gasteiger partial charge in [0.05, 0.1) is 0 Å². The molecule has 0 bridgehead atoms. The molecule has 1 aromatic heterocycles. The van der Waals surface area contributed by atoms with Gasteiger partial charge < -0.3 is 10.1 Å². The lowest BCUT2D eigenvalue weighted by Crippen LogP contribution is -2.26. The van der Waals surface area contributed by atoms with Crippen molar-refractivity contribution < 1.29 is 18.7 Å². The number of halogens is 1. The second-order valence-corrected chi connectivity index (χ2v) is 8.20. The number of nitrogens with one attached hydrogen (secondary N) is 1. The molecule has 156 valence electrons. The van der Waals surface area contributed by atoms with Crippen LogP contribution in [0.15, 0.2) is 59.8 Å². The highest BCUT2D eigenvalue weighted by atomic mass is 32.2. The molecule has 30 heavy (non-hydrogen) atoms. The Morgan fingerprint density at radius 2 is 1.70 bits per heavy atom. The number of thioether (sulfide) groups is 1. The lowest BCUT2D eigenvalue weighted by molar-refractivity contribution is 0.00611. The van der Waals surface area contributed by atoms with Gasteiger partial charge in [0.25, 0.3) is 5.91 Å². The minimum absolute atomic E-state index is 0.0757. The number of ether oxygens (including phenoxy) is 1. The number of carbonyl (C=O) groups is 2. The Balaban J connectivity index is 2.09. The molecule has 0 saturated heterocycles. The standard InChI is InChI=1S/C22H22FN3O3S/c1-22(2,3)29-20(28)17-18(24-19(27)14-10-12-15(23)13-11-14)25-21(30-4)26(17)16-8-6-5-7-9-16/h5-13H,1-4H3,(H,24,27). The molecule has 3 rings (SSSR count). The van der Waals surface area contributed by atoms with Gasteiger partial charge in [0.2, 0.25) is 0 Å². The fourth-order valence-electron chi connectivity index (χ4n) is 2.74. The third-order valence-corrected chi connectivity index (χ3v) is 4.61. The molecule has 0 aliphatic carbocycles. The smallest absolute Gasteiger partial charge is 0.359 e. The largest absolute Gasteiger partial charge is 0.455 e. The second kappa shape index (κ2) is 8.71. The summed E-state index contributed by atoms with van der Waals surface area (Å²) < 4.78 is 20.4. The predicted octanol–water partition coefficient (Wildman–Crippen LogP) is 4.94. The number of esters is 1. The number of nitrogens with zero attached hydrogens (tertiary/aromatic N) is 2. The van der Waals surface area contributed by atoms with Gasteiger partial charge in [-0.05, 0) is 63.4 Å². The molecule has 0 aliphatic rings. The number of anilines is 1. The van der Waals surface area contributed by atoms with E-state index >= 15 is 0 Å². The molecule has 0 radical (unpaired) electrons. The van der Waals surface area contributed by atoms with Crippen LogP contribution in [0.5, 0.6) is 0 Å². The van der Waals surface area contributed by atoms with Gasteiger partial charge in [-0.2, -0.15) is 0 Å². The number of para-hydroxylation sites is 1. The maximum atomic E-state index is 13.2. The molecule has 3 aromatic rings. The van der Waals surface area contributed by atoms with Crippen molar-refractivity contribution in [2.75, 3.05) is 11.6 Å². The minimum Gasteiger partial charge on any atom is -0.455 e. The number of rotatable bonds is 5. The van der Waals surface area contributed by atoms with Crippen LogP contribution in [0.25, 0.3) is 5.69 Å². The first-order chi connectivity index (χ1) is 14.2. The van der Waals surface area contributed by atoms with Gasteiger partial charge in [-0.3, -0.25) is 9.36 Å². The van der Waals surface area contributed by atoms with Gasteiger partial charge in [0.15, 0.2) is 16.7 Å². The number of aromatic nitrogens is 2. The molecule has 2 aromatic carbocycles. The zero-order valence-electron chi connectivity index (χ0n) is 17.1. The summed E-state index contributed by atoms with van der Waals surface area (Å²) in [6, 6.07) is 14.3.